The van der Waals surface area contributed by atoms with E-state index in [1.54, 1.807) is 12.1 Å². The van der Waals surface area contributed by atoms with Gasteiger partial charge in [0, 0.05) is 38.6 Å². The van der Waals surface area contributed by atoms with Crippen LogP contribution in [0.15, 0.2) is 29.2 Å². The standard InChI is InChI=1S/C19H28N4O4S/c1-14(22-10-12-23(13-11-22)19(25)16-4-5-16)18(24)21-9-8-15-2-6-17(7-3-15)28(20,26)27/h2-3,6-7,14,16H,4-5,8-13H2,1H3,(H,21,24)(H2,20,26,27)/t14-/m0/s1. The first-order valence-electron chi connectivity index (χ1n) is 9.68. The third kappa shape index (κ3) is 5.30. The highest BCUT2D eigenvalue weighted by molar-refractivity contribution is 7.89. The molecule has 9 heteroatoms. The number of rotatable bonds is 7. The molecule has 8 nitrogen and oxygen atoms in total. The van der Waals surface area contributed by atoms with Crippen molar-refractivity contribution in [1.82, 2.24) is 15.1 Å². The molecule has 0 radical (unpaired) electrons. The van der Waals surface area contributed by atoms with Crippen molar-refractivity contribution in [2.45, 2.75) is 37.1 Å². The van der Waals surface area contributed by atoms with Crippen molar-refractivity contribution in [3.05, 3.63) is 29.8 Å². The van der Waals surface area contributed by atoms with E-state index in [1.165, 1.54) is 12.1 Å². The molecule has 3 rings (SSSR count). The topological polar surface area (TPSA) is 113 Å². The van der Waals surface area contributed by atoms with E-state index in [4.69, 9.17) is 5.14 Å². The van der Waals surface area contributed by atoms with E-state index < -0.39 is 10.0 Å². The van der Waals surface area contributed by atoms with Crippen molar-refractivity contribution in [3.63, 3.8) is 0 Å². The number of nitrogens with two attached hydrogens (primary N) is 1. The van der Waals surface area contributed by atoms with Gasteiger partial charge >= 0.3 is 0 Å². The lowest BCUT2D eigenvalue weighted by atomic mass is 10.1. The number of benzene rings is 1. The molecule has 1 saturated carbocycles. The first-order valence-corrected chi connectivity index (χ1v) is 11.2. The third-order valence-electron chi connectivity index (χ3n) is 5.44. The Bertz CT molecular complexity index is 813. The van der Waals surface area contributed by atoms with E-state index in [1.807, 2.05) is 11.8 Å². The minimum absolute atomic E-state index is 0.0388. The lowest BCUT2D eigenvalue weighted by Crippen LogP contribution is -2.55. The van der Waals surface area contributed by atoms with Crippen molar-refractivity contribution in [1.29, 1.82) is 0 Å². The van der Waals surface area contributed by atoms with Crippen LogP contribution in [-0.2, 0) is 26.0 Å². The second kappa shape index (κ2) is 8.59. The van der Waals surface area contributed by atoms with Crippen molar-refractivity contribution >= 4 is 21.8 Å². The van der Waals surface area contributed by atoms with Gasteiger partial charge in [-0.1, -0.05) is 12.1 Å². The van der Waals surface area contributed by atoms with Crippen LogP contribution < -0.4 is 10.5 Å². The summed E-state index contributed by atoms with van der Waals surface area (Å²) in [5, 5.41) is 8.01. The molecule has 0 spiro atoms. The molecule has 1 aliphatic heterocycles. The molecule has 1 atom stereocenters. The smallest absolute Gasteiger partial charge is 0.238 e. The summed E-state index contributed by atoms with van der Waals surface area (Å²) in [6.45, 7) is 5.14. The Hall–Kier alpha value is -1.97. The number of sulfonamides is 1. The molecule has 3 N–H and O–H groups in total. The van der Waals surface area contributed by atoms with Gasteiger partial charge in [0.25, 0.3) is 0 Å². The Morgan fingerprint density at radius 2 is 1.75 bits per heavy atom. The number of hydrogen-bond donors (Lipinski definition) is 2. The van der Waals surface area contributed by atoms with Gasteiger partial charge in [0.05, 0.1) is 10.9 Å². The fourth-order valence-electron chi connectivity index (χ4n) is 3.41. The molecule has 1 aliphatic carbocycles. The van der Waals surface area contributed by atoms with Gasteiger partial charge in [0.1, 0.15) is 0 Å². The number of amides is 2. The minimum Gasteiger partial charge on any atom is -0.354 e. The zero-order chi connectivity index (χ0) is 20.3. The number of nitrogens with zero attached hydrogens (tertiary/aromatic N) is 2. The number of hydrogen-bond acceptors (Lipinski definition) is 5. The second-order valence-electron chi connectivity index (χ2n) is 7.54. The molecule has 0 unspecified atom stereocenters. The predicted molar refractivity (Wildman–Crippen MR) is 105 cm³/mol. The Balaban J connectivity index is 1.40. The number of carbonyl (C=O) groups is 2. The maximum Gasteiger partial charge on any atom is 0.238 e. The normalized spacial score (nSPS) is 19.3. The Morgan fingerprint density at radius 3 is 2.29 bits per heavy atom. The molecule has 0 aromatic heterocycles. The summed E-state index contributed by atoms with van der Waals surface area (Å²) in [5.41, 5.74) is 0.924. The lowest BCUT2D eigenvalue weighted by Gasteiger charge is -2.37. The molecule has 2 aliphatic rings. The van der Waals surface area contributed by atoms with Gasteiger partial charge in [0.15, 0.2) is 0 Å². The monoisotopic (exact) mass is 408 g/mol. The lowest BCUT2D eigenvalue weighted by molar-refractivity contribution is -0.135. The average Bonchev–Trinajstić information content (AvgIpc) is 3.52. The SMILES string of the molecule is C[C@@H](C(=O)NCCc1ccc(S(N)(=O)=O)cc1)N1CCN(C(=O)C2CC2)CC1. The van der Waals surface area contributed by atoms with Crippen molar-refractivity contribution in [2.75, 3.05) is 32.7 Å². The Kier molecular flexibility index (Phi) is 6.36. The van der Waals surface area contributed by atoms with Crippen LogP contribution in [0, 0.1) is 5.92 Å². The molecule has 154 valence electrons. The summed E-state index contributed by atoms with van der Waals surface area (Å²) >= 11 is 0. The van der Waals surface area contributed by atoms with E-state index in [0.717, 1.165) is 18.4 Å². The average molecular weight is 409 g/mol. The van der Waals surface area contributed by atoms with Crippen LogP contribution in [0.3, 0.4) is 0 Å². The molecule has 2 fully saturated rings. The van der Waals surface area contributed by atoms with Crippen LogP contribution in [0.25, 0.3) is 0 Å². The van der Waals surface area contributed by atoms with Crippen molar-refractivity contribution in [2.24, 2.45) is 11.1 Å². The number of primary sulfonamides is 1. The molecule has 28 heavy (non-hydrogen) atoms. The van der Waals surface area contributed by atoms with Crippen LogP contribution in [0.4, 0.5) is 0 Å². The summed E-state index contributed by atoms with van der Waals surface area (Å²) < 4.78 is 22.5. The number of carbonyl (C=O) groups excluding carboxylic acids is 2. The zero-order valence-corrected chi connectivity index (χ0v) is 17.0. The number of piperazine rings is 1. The van der Waals surface area contributed by atoms with Gasteiger partial charge in [0.2, 0.25) is 21.8 Å². The highest BCUT2D eigenvalue weighted by Crippen LogP contribution is 2.31. The summed E-state index contributed by atoms with van der Waals surface area (Å²) in [6, 6.07) is 6.09. The molecule has 1 saturated heterocycles. The molecular formula is C19H28N4O4S. The van der Waals surface area contributed by atoms with Gasteiger partial charge < -0.3 is 10.2 Å². The predicted octanol–water partition coefficient (Wildman–Crippen LogP) is -0.0646. The van der Waals surface area contributed by atoms with Gasteiger partial charge in [-0.05, 0) is 43.9 Å². The Morgan fingerprint density at radius 1 is 1.14 bits per heavy atom. The van der Waals surface area contributed by atoms with E-state index in [2.05, 4.69) is 10.2 Å². The van der Waals surface area contributed by atoms with Gasteiger partial charge in [-0.3, -0.25) is 14.5 Å². The van der Waals surface area contributed by atoms with E-state index >= 15 is 0 Å². The molecule has 2 amide bonds. The van der Waals surface area contributed by atoms with E-state index in [9.17, 15) is 18.0 Å². The summed E-state index contributed by atoms with van der Waals surface area (Å²) in [4.78, 5) is 28.6. The Labute approximate surface area is 166 Å². The van der Waals surface area contributed by atoms with Crippen LogP contribution in [0.1, 0.15) is 25.3 Å². The van der Waals surface area contributed by atoms with E-state index in [-0.39, 0.29) is 28.7 Å². The summed E-state index contributed by atoms with van der Waals surface area (Å²) in [6.07, 6.45) is 2.64. The van der Waals surface area contributed by atoms with Crippen LogP contribution in [-0.4, -0.2) is 68.8 Å². The first kappa shape index (κ1) is 20.8. The molecule has 0 bridgehead atoms. The first-order chi connectivity index (χ1) is 13.3. The molecule has 1 heterocycles. The maximum absolute atomic E-state index is 12.4. The quantitative estimate of drug-likeness (QED) is 0.656. The van der Waals surface area contributed by atoms with E-state index in [0.29, 0.717) is 39.1 Å². The largest absolute Gasteiger partial charge is 0.354 e. The van der Waals surface area contributed by atoms with Crippen LogP contribution >= 0.6 is 0 Å². The highest BCUT2D eigenvalue weighted by atomic mass is 32.2. The molecular weight excluding hydrogens is 380 g/mol. The zero-order valence-electron chi connectivity index (χ0n) is 16.1. The second-order valence-corrected chi connectivity index (χ2v) is 9.10. The highest BCUT2D eigenvalue weighted by Gasteiger charge is 2.35. The summed E-state index contributed by atoms with van der Waals surface area (Å²) in [5.74, 6) is 0.472. The van der Waals surface area contributed by atoms with Crippen molar-refractivity contribution in [3.8, 4) is 0 Å². The maximum atomic E-state index is 12.4. The fourth-order valence-corrected chi connectivity index (χ4v) is 3.92. The van der Waals surface area contributed by atoms with Gasteiger partial charge in [-0.15, -0.1) is 0 Å². The van der Waals surface area contributed by atoms with Gasteiger partial charge in [-0.25, -0.2) is 13.6 Å². The molecule has 1 aromatic rings. The summed E-state index contributed by atoms with van der Waals surface area (Å²) in [7, 11) is -3.69. The van der Waals surface area contributed by atoms with Crippen molar-refractivity contribution < 1.29 is 18.0 Å². The third-order valence-corrected chi connectivity index (χ3v) is 6.37. The minimum atomic E-state index is -3.69. The van der Waals surface area contributed by atoms with Crippen LogP contribution in [0.5, 0.6) is 0 Å². The van der Waals surface area contributed by atoms with Crippen LogP contribution in [0.2, 0.25) is 0 Å². The number of nitrogens with one attached hydrogen (secondary N) is 1. The molecule has 1 aromatic carbocycles. The fraction of sp³-hybridized carbons (Fsp3) is 0.579. The van der Waals surface area contributed by atoms with Gasteiger partial charge in [-0.2, -0.15) is 0 Å².